The van der Waals surface area contributed by atoms with Crippen molar-refractivity contribution >= 4 is 5.91 Å². The molecule has 1 aromatic rings. The van der Waals surface area contributed by atoms with Crippen molar-refractivity contribution in [3.8, 4) is 0 Å². The Morgan fingerprint density at radius 2 is 2.21 bits per heavy atom. The van der Waals surface area contributed by atoms with E-state index in [2.05, 4.69) is 10.3 Å². The van der Waals surface area contributed by atoms with Gasteiger partial charge in [-0.25, -0.2) is 0 Å². The number of hydrogen-bond acceptors (Lipinski definition) is 3. The molecule has 0 aromatic carbocycles. The van der Waals surface area contributed by atoms with E-state index >= 15 is 0 Å². The van der Waals surface area contributed by atoms with Gasteiger partial charge in [0.15, 0.2) is 0 Å². The molecule has 0 spiro atoms. The van der Waals surface area contributed by atoms with E-state index in [-0.39, 0.29) is 24.5 Å². The highest BCUT2D eigenvalue weighted by Crippen LogP contribution is 2.23. The smallest absolute Gasteiger partial charge is 0.224 e. The van der Waals surface area contributed by atoms with Crippen molar-refractivity contribution in [3.63, 3.8) is 0 Å². The van der Waals surface area contributed by atoms with Crippen LogP contribution in [0.25, 0.3) is 0 Å². The lowest BCUT2D eigenvalue weighted by molar-refractivity contribution is -0.121. The molecule has 4 heteroatoms. The van der Waals surface area contributed by atoms with Gasteiger partial charge in [0, 0.05) is 31.0 Å². The van der Waals surface area contributed by atoms with E-state index in [0.29, 0.717) is 6.42 Å². The molecule has 0 saturated heterocycles. The lowest BCUT2D eigenvalue weighted by Gasteiger charge is -2.24. The molecule has 0 aliphatic heterocycles. The maximum absolute atomic E-state index is 12.0. The molecule has 1 aliphatic carbocycles. The van der Waals surface area contributed by atoms with Gasteiger partial charge in [0.1, 0.15) is 0 Å². The zero-order chi connectivity index (χ0) is 13.5. The van der Waals surface area contributed by atoms with Crippen LogP contribution in [0.2, 0.25) is 0 Å². The second-order valence-electron chi connectivity index (χ2n) is 5.29. The van der Waals surface area contributed by atoms with Crippen LogP contribution >= 0.6 is 0 Å². The normalized spacial score (nSPS) is 23.6. The first kappa shape index (κ1) is 14.0. The highest BCUT2D eigenvalue weighted by atomic mass is 16.3. The van der Waals surface area contributed by atoms with Gasteiger partial charge in [0.25, 0.3) is 0 Å². The summed E-state index contributed by atoms with van der Waals surface area (Å²) in [6.07, 6.45) is 9.26. The van der Waals surface area contributed by atoms with Crippen LogP contribution in [0.5, 0.6) is 0 Å². The average molecular weight is 262 g/mol. The van der Waals surface area contributed by atoms with Crippen LogP contribution in [0.15, 0.2) is 24.5 Å². The van der Waals surface area contributed by atoms with Crippen LogP contribution in [0.1, 0.15) is 37.7 Å². The third-order valence-corrected chi connectivity index (χ3v) is 3.83. The molecule has 2 atom stereocenters. The molecule has 1 aliphatic rings. The molecule has 1 heterocycles. The van der Waals surface area contributed by atoms with E-state index in [4.69, 9.17) is 0 Å². The summed E-state index contributed by atoms with van der Waals surface area (Å²) in [5, 5.41) is 12.5. The summed E-state index contributed by atoms with van der Waals surface area (Å²) < 4.78 is 0. The fraction of sp³-hybridized carbons (Fsp3) is 0.600. The fourth-order valence-electron chi connectivity index (χ4n) is 2.74. The second-order valence-corrected chi connectivity index (χ2v) is 5.29. The van der Waals surface area contributed by atoms with Crippen LogP contribution in [0.4, 0.5) is 0 Å². The predicted molar refractivity (Wildman–Crippen MR) is 73.5 cm³/mol. The zero-order valence-corrected chi connectivity index (χ0v) is 11.2. The first-order chi connectivity index (χ1) is 9.29. The minimum atomic E-state index is 0.0262. The zero-order valence-electron chi connectivity index (χ0n) is 11.2. The second kappa shape index (κ2) is 7.24. The fourth-order valence-corrected chi connectivity index (χ4v) is 2.74. The van der Waals surface area contributed by atoms with E-state index in [9.17, 15) is 9.90 Å². The first-order valence-corrected chi connectivity index (χ1v) is 7.08. The predicted octanol–water partition coefficient (Wildman–Crippen LogP) is 1.68. The Hall–Kier alpha value is -1.42. The molecule has 104 valence electrons. The summed E-state index contributed by atoms with van der Waals surface area (Å²) in [4.78, 5) is 16.0. The van der Waals surface area contributed by atoms with Gasteiger partial charge in [-0.3, -0.25) is 9.78 Å². The molecule has 0 bridgehead atoms. The van der Waals surface area contributed by atoms with Crippen molar-refractivity contribution in [3.05, 3.63) is 30.1 Å². The third-order valence-electron chi connectivity index (χ3n) is 3.83. The van der Waals surface area contributed by atoms with Gasteiger partial charge < -0.3 is 10.4 Å². The Labute approximate surface area is 114 Å². The molecule has 2 rings (SSSR count). The largest absolute Gasteiger partial charge is 0.396 e. The molecule has 1 fully saturated rings. The van der Waals surface area contributed by atoms with Crippen LogP contribution in [0.3, 0.4) is 0 Å². The Morgan fingerprint density at radius 1 is 1.37 bits per heavy atom. The molecule has 0 radical (unpaired) electrons. The number of aliphatic hydroxyl groups is 1. The number of amides is 1. The molecule has 1 amide bonds. The number of carbonyl (C=O) groups is 1. The van der Waals surface area contributed by atoms with Gasteiger partial charge >= 0.3 is 0 Å². The summed E-state index contributed by atoms with van der Waals surface area (Å²) in [6, 6.07) is 3.87. The standard InChI is InChI=1S/C15H22N2O2/c18-11-13-6-2-1-3-7-14(13)17-15(19)9-12-5-4-8-16-10-12/h4-5,8,10,13-14,18H,1-3,6-7,9,11H2,(H,17,19)/t13-,14-/m0/s1. The topological polar surface area (TPSA) is 62.2 Å². The van der Waals surface area contributed by atoms with Crippen molar-refractivity contribution in [2.45, 2.75) is 44.6 Å². The number of carbonyl (C=O) groups excluding carboxylic acids is 1. The first-order valence-electron chi connectivity index (χ1n) is 7.08. The van der Waals surface area contributed by atoms with Gasteiger partial charge in [-0.15, -0.1) is 0 Å². The van der Waals surface area contributed by atoms with Crippen molar-refractivity contribution in [1.29, 1.82) is 0 Å². The minimum Gasteiger partial charge on any atom is -0.396 e. The monoisotopic (exact) mass is 262 g/mol. The lowest BCUT2D eigenvalue weighted by Crippen LogP contribution is -2.41. The maximum atomic E-state index is 12.0. The van der Waals surface area contributed by atoms with E-state index in [0.717, 1.165) is 31.2 Å². The Kier molecular flexibility index (Phi) is 5.33. The highest BCUT2D eigenvalue weighted by molar-refractivity contribution is 5.78. The van der Waals surface area contributed by atoms with Crippen LogP contribution in [0, 0.1) is 5.92 Å². The van der Waals surface area contributed by atoms with Crippen molar-refractivity contribution in [1.82, 2.24) is 10.3 Å². The number of hydrogen-bond donors (Lipinski definition) is 2. The number of aliphatic hydroxyl groups excluding tert-OH is 1. The number of nitrogens with one attached hydrogen (secondary N) is 1. The molecule has 1 saturated carbocycles. The van der Waals surface area contributed by atoms with E-state index in [1.165, 1.54) is 6.42 Å². The molecule has 2 N–H and O–H groups in total. The Balaban J connectivity index is 1.89. The molecule has 1 aromatic heterocycles. The Bertz CT molecular complexity index is 394. The lowest BCUT2D eigenvalue weighted by atomic mass is 9.95. The summed E-state index contributed by atoms with van der Waals surface area (Å²) in [5.41, 5.74) is 0.925. The summed E-state index contributed by atoms with van der Waals surface area (Å²) in [5.74, 6) is 0.235. The van der Waals surface area contributed by atoms with Crippen LogP contribution in [-0.4, -0.2) is 28.6 Å². The van der Waals surface area contributed by atoms with E-state index in [1.54, 1.807) is 12.4 Å². The van der Waals surface area contributed by atoms with Crippen molar-refractivity contribution < 1.29 is 9.90 Å². The third kappa shape index (κ3) is 4.31. The number of aromatic nitrogens is 1. The van der Waals surface area contributed by atoms with Crippen molar-refractivity contribution in [2.24, 2.45) is 5.92 Å². The quantitative estimate of drug-likeness (QED) is 0.812. The SMILES string of the molecule is O=C(Cc1cccnc1)N[C@H]1CCCCC[C@H]1CO. The number of rotatable bonds is 4. The van der Waals surface area contributed by atoms with Gasteiger partial charge in [0.2, 0.25) is 5.91 Å². The van der Waals surface area contributed by atoms with Gasteiger partial charge in [-0.1, -0.05) is 25.3 Å². The molecule has 4 nitrogen and oxygen atoms in total. The molecular formula is C15H22N2O2. The van der Waals surface area contributed by atoms with Gasteiger partial charge in [0.05, 0.1) is 6.42 Å². The number of nitrogens with zero attached hydrogens (tertiary/aromatic N) is 1. The van der Waals surface area contributed by atoms with E-state index < -0.39 is 0 Å². The van der Waals surface area contributed by atoms with E-state index in [1.807, 2.05) is 12.1 Å². The molecular weight excluding hydrogens is 240 g/mol. The summed E-state index contributed by atoms with van der Waals surface area (Å²) in [6.45, 7) is 0.165. The average Bonchev–Trinajstić information content (AvgIpc) is 2.64. The van der Waals surface area contributed by atoms with Gasteiger partial charge in [-0.05, 0) is 24.5 Å². The summed E-state index contributed by atoms with van der Waals surface area (Å²) >= 11 is 0. The van der Waals surface area contributed by atoms with Crippen LogP contribution in [-0.2, 0) is 11.2 Å². The molecule has 0 unspecified atom stereocenters. The van der Waals surface area contributed by atoms with Crippen molar-refractivity contribution in [2.75, 3.05) is 6.61 Å². The maximum Gasteiger partial charge on any atom is 0.224 e. The highest BCUT2D eigenvalue weighted by Gasteiger charge is 2.24. The molecule has 19 heavy (non-hydrogen) atoms. The summed E-state index contributed by atoms with van der Waals surface area (Å²) in [7, 11) is 0. The minimum absolute atomic E-state index is 0.0262. The van der Waals surface area contributed by atoms with Gasteiger partial charge in [-0.2, -0.15) is 0 Å². The van der Waals surface area contributed by atoms with Crippen LogP contribution < -0.4 is 5.32 Å². The number of pyridine rings is 1. The Morgan fingerprint density at radius 3 is 2.95 bits per heavy atom.